The van der Waals surface area contributed by atoms with Crippen LogP contribution in [0.15, 0.2) is 18.2 Å². The maximum Gasteiger partial charge on any atom is 0.311 e. The smallest absolute Gasteiger partial charge is 0.311 e. The Balaban J connectivity index is 1.52. The van der Waals surface area contributed by atoms with Crippen molar-refractivity contribution in [1.29, 1.82) is 0 Å². The van der Waals surface area contributed by atoms with Gasteiger partial charge in [0.1, 0.15) is 5.75 Å². The third kappa shape index (κ3) is 2.98. The van der Waals surface area contributed by atoms with Crippen LogP contribution in [0.2, 0.25) is 0 Å². The Kier molecular flexibility index (Phi) is 4.85. The van der Waals surface area contributed by atoms with Crippen LogP contribution in [-0.2, 0) is 11.2 Å². The van der Waals surface area contributed by atoms with Gasteiger partial charge in [0.15, 0.2) is 0 Å². The molecule has 1 aromatic carbocycles. The van der Waals surface area contributed by atoms with Crippen molar-refractivity contribution in [2.24, 2.45) is 17.3 Å². The maximum absolute atomic E-state index is 11.9. The van der Waals surface area contributed by atoms with Gasteiger partial charge in [0.25, 0.3) is 0 Å². The van der Waals surface area contributed by atoms with Crippen LogP contribution < -0.4 is 4.74 Å². The van der Waals surface area contributed by atoms with Crippen LogP contribution in [0.25, 0.3) is 0 Å². The van der Waals surface area contributed by atoms with E-state index in [4.69, 9.17) is 4.74 Å². The molecule has 0 spiro atoms. The molecule has 142 valence electrons. The Bertz CT molecular complexity index is 682. The third-order valence-electron chi connectivity index (χ3n) is 7.61. The number of rotatable bonds is 4. The average molecular weight is 357 g/mol. The van der Waals surface area contributed by atoms with Gasteiger partial charge in [-0.1, -0.05) is 26.3 Å². The normalized spacial score (nSPS) is 35.3. The number of carbonyl (C=O) groups excluding carboxylic acids is 1. The van der Waals surface area contributed by atoms with Gasteiger partial charge in [-0.15, -0.1) is 0 Å². The van der Waals surface area contributed by atoms with Gasteiger partial charge in [-0.05, 0) is 91.4 Å². The van der Waals surface area contributed by atoms with E-state index in [2.05, 4.69) is 26.0 Å². The number of carbonyl (C=O) groups is 1. The largest absolute Gasteiger partial charge is 0.427 e. The molecule has 4 rings (SSSR count). The SMILES string of the molecule is CCCCC(=O)Oc1ccc2c(c1)CC[C@@H]1[C@H]3CC[C@@H](O)[C@]3(C)CC[C@@H]21. The highest BCUT2D eigenvalue weighted by molar-refractivity contribution is 5.72. The van der Waals surface area contributed by atoms with Crippen LogP contribution in [0, 0.1) is 17.3 Å². The van der Waals surface area contributed by atoms with Crippen LogP contribution in [0.4, 0.5) is 0 Å². The molecule has 0 amide bonds. The van der Waals surface area contributed by atoms with Gasteiger partial charge < -0.3 is 9.84 Å². The Morgan fingerprint density at radius 3 is 2.92 bits per heavy atom. The van der Waals surface area contributed by atoms with Crippen molar-refractivity contribution >= 4 is 5.97 Å². The molecule has 0 heterocycles. The first-order valence-electron chi connectivity index (χ1n) is 10.5. The van der Waals surface area contributed by atoms with Gasteiger partial charge >= 0.3 is 5.97 Å². The van der Waals surface area contributed by atoms with E-state index in [-0.39, 0.29) is 17.5 Å². The lowest BCUT2D eigenvalue weighted by molar-refractivity contribution is -0.134. The zero-order valence-corrected chi connectivity index (χ0v) is 16.2. The van der Waals surface area contributed by atoms with Crippen molar-refractivity contribution in [2.45, 2.75) is 83.7 Å². The van der Waals surface area contributed by atoms with Crippen LogP contribution in [0.3, 0.4) is 0 Å². The molecule has 2 fully saturated rings. The molecule has 5 atom stereocenters. The van der Waals surface area contributed by atoms with Gasteiger partial charge in [-0.25, -0.2) is 0 Å². The van der Waals surface area contributed by atoms with E-state index in [1.54, 1.807) is 0 Å². The summed E-state index contributed by atoms with van der Waals surface area (Å²) in [5.41, 5.74) is 2.97. The Labute approximate surface area is 157 Å². The summed E-state index contributed by atoms with van der Waals surface area (Å²) >= 11 is 0. The van der Waals surface area contributed by atoms with Crippen molar-refractivity contribution in [1.82, 2.24) is 0 Å². The molecule has 1 N–H and O–H groups in total. The minimum absolute atomic E-state index is 0.111. The summed E-state index contributed by atoms with van der Waals surface area (Å²) in [7, 11) is 0. The molecule has 26 heavy (non-hydrogen) atoms. The van der Waals surface area contributed by atoms with E-state index >= 15 is 0 Å². The lowest BCUT2D eigenvalue weighted by Gasteiger charge is -2.50. The van der Waals surface area contributed by atoms with Gasteiger partial charge in [0.2, 0.25) is 0 Å². The Morgan fingerprint density at radius 2 is 2.12 bits per heavy atom. The summed E-state index contributed by atoms with van der Waals surface area (Å²) in [6, 6.07) is 6.30. The molecule has 1 aromatic rings. The number of benzene rings is 1. The first-order valence-corrected chi connectivity index (χ1v) is 10.5. The molecule has 0 radical (unpaired) electrons. The third-order valence-corrected chi connectivity index (χ3v) is 7.61. The van der Waals surface area contributed by atoms with Crippen LogP contribution in [0.1, 0.15) is 82.3 Å². The molecule has 0 aliphatic heterocycles. The summed E-state index contributed by atoms with van der Waals surface area (Å²) in [5, 5.41) is 10.5. The number of fused-ring (bicyclic) bond motifs is 5. The zero-order chi connectivity index (χ0) is 18.3. The van der Waals surface area contributed by atoms with E-state index in [1.165, 1.54) is 30.4 Å². The monoisotopic (exact) mass is 356 g/mol. The van der Waals surface area contributed by atoms with Crippen LogP contribution in [-0.4, -0.2) is 17.2 Å². The lowest BCUT2D eigenvalue weighted by Crippen LogP contribution is -2.43. The lowest BCUT2D eigenvalue weighted by atomic mass is 9.55. The summed E-state index contributed by atoms with van der Waals surface area (Å²) < 4.78 is 5.55. The number of aliphatic hydroxyl groups is 1. The fourth-order valence-corrected chi connectivity index (χ4v) is 6.10. The minimum Gasteiger partial charge on any atom is -0.427 e. The Morgan fingerprint density at radius 1 is 1.27 bits per heavy atom. The van der Waals surface area contributed by atoms with Gasteiger partial charge in [-0.3, -0.25) is 4.79 Å². The van der Waals surface area contributed by atoms with E-state index in [0.717, 1.165) is 32.1 Å². The second-order valence-electron chi connectivity index (χ2n) is 8.99. The number of unbranched alkanes of at least 4 members (excludes halogenated alkanes) is 1. The summed E-state index contributed by atoms with van der Waals surface area (Å²) in [6.07, 6.45) is 9.03. The van der Waals surface area contributed by atoms with E-state index < -0.39 is 0 Å². The second-order valence-corrected chi connectivity index (χ2v) is 8.99. The number of ether oxygens (including phenoxy) is 1. The highest BCUT2D eigenvalue weighted by Gasteiger charge is 2.54. The molecule has 0 bridgehead atoms. The summed E-state index contributed by atoms with van der Waals surface area (Å²) in [5.74, 6) is 2.58. The highest BCUT2D eigenvalue weighted by atomic mass is 16.5. The van der Waals surface area contributed by atoms with Crippen LogP contribution >= 0.6 is 0 Å². The number of aliphatic hydroxyl groups excluding tert-OH is 1. The first kappa shape index (κ1) is 18.0. The predicted octanol–water partition coefficient (Wildman–Crippen LogP) is 5.00. The molecular formula is C23H32O3. The number of aryl methyl sites for hydroxylation is 1. The molecule has 0 saturated heterocycles. The van der Waals surface area contributed by atoms with Crippen molar-refractivity contribution < 1.29 is 14.6 Å². The van der Waals surface area contributed by atoms with Crippen molar-refractivity contribution in [3.8, 4) is 5.75 Å². The molecule has 3 nitrogen and oxygen atoms in total. The van der Waals surface area contributed by atoms with E-state index in [0.29, 0.717) is 29.9 Å². The van der Waals surface area contributed by atoms with Crippen LogP contribution in [0.5, 0.6) is 5.75 Å². The molecular weight excluding hydrogens is 324 g/mol. The number of hydrogen-bond donors (Lipinski definition) is 1. The number of hydrogen-bond acceptors (Lipinski definition) is 3. The van der Waals surface area contributed by atoms with Crippen molar-refractivity contribution in [2.75, 3.05) is 0 Å². The van der Waals surface area contributed by atoms with Crippen molar-refractivity contribution in [3.05, 3.63) is 29.3 Å². The minimum atomic E-state index is -0.117. The standard InChI is InChI=1S/C23H32O3/c1-3-4-5-22(25)26-16-7-9-17-15(14-16)6-8-19-18(17)12-13-23(2)20(19)10-11-21(23)24/h7,9,14,18-21,24H,3-6,8,10-13H2,1-2H3/t18-,19-,20+,21+,23+/m0/s1. The van der Waals surface area contributed by atoms with Gasteiger partial charge in [0.05, 0.1) is 6.10 Å². The van der Waals surface area contributed by atoms with Crippen molar-refractivity contribution in [3.63, 3.8) is 0 Å². The van der Waals surface area contributed by atoms with E-state index in [1.807, 2.05) is 6.07 Å². The molecule has 0 aromatic heterocycles. The maximum atomic E-state index is 11.9. The number of esters is 1. The molecule has 3 aliphatic rings. The topological polar surface area (TPSA) is 46.5 Å². The first-order chi connectivity index (χ1) is 12.5. The molecule has 3 heteroatoms. The Hall–Kier alpha value is -1.35. The molecule has 3 aliphatic carbocycles. The fraction of sp³-hybridized carbons (Fsp3) is 0.696. The zero-order valence-electron chi connectivity index (χ0n) is 16.2. The fourth-order valence-electron chi connectivity index (χ4n) is 6.10. The average Bonchev–Trinajstić information content (AvgIpc) is 2.94. The second kappa shape index (κ2) is 6.99. The summed E-state index contributed by atoms with van der Waals surface area (Å²) in [4.78, 5) is 11.9. The van der Waals surface area contributed by atoms with Gasteiger partial charge in [-0.2, -0.15) is 0 Å². The highest BCUT2D eigenvalue weighted by Crippen LogP contribution is 2.60. The quantitative estimate of drug-likeness (QED) is 0.610. The molecule has 0 unspecified atom stereocenters. The van der Waals surface area contributed by atoms with E-state index in [9.17, 15) is 9.90 Å². The predicted molar refractivity (Wildman–Crippen MR) is 102 cm³/mol. The summed E-state index contributed by atoms with van der Waals surface area (Å²) in [6.45, 7) is 4.40. The van der Waals surface area contributed by atoms with Gasteiger partial charge in [0, 0.05) is 6.42 Å². The molecule has 2 saturated carbocycles.